The third-order valence-electron chi connectivity index (χ3n) is 5.14. The number of likely N-dealkylation sites (N-methyl/N-ethyl adjacent to an activating group) is 1. The van der Waals surface area contributed by atoms with E-state index < -0.39 is 28.5 Å². The Balaban J connectivity index is 2.47. The van der Waals surface area contributed by atoms with Crippen LogP contribution in [0.3, 0.4) is 0 Å². The Labute approximate surface area is 209 Å². The number of sulfonamides is 1. The van der Waals surface area contributed by atoms with Crippen LogP contribution in [0.15, 0.2) is 46.9 Å². The third-order valence-corrected chi connectivity index (χ3v) is 7.54. The number of hydrogen-bond acceptors (Lipinski definition) is 4. The number of benzene rings is 2. The lowest BCUT2D eigenvalue weighted by atomic mass is 10.1. The highest BCUT2D eigenvalue weighted by molar-refractivity contribution is 9.10. The molecule has 10 heteroatoms. The Morgan fingerprint density at radius 3 is 2.36 bits per heavy atom. The molecule has 0 heterocycles. The molecule has 7 nitrogen and oxygen atoms in total. The first-order valence-corrected chi connectivity index (χ1v) is 13.6. The average molecular weight is 559 g/mol. The number of anilines is 1. The number of rotatable bonds is 10. The number of carbonyl (C=O) groups excluding carboxylic acids is 2. The van der Waals surface area contributed by atoms with Crippen LogP contribution in [-0.2, 0) is 26.2 Å². The first kappa shape index (κ1) is 27.1. The second-order valence-corrected chi connectivity index (χ2v) is 10.8. The molecule has 0 unspecified atom stereocenters. The SMILES string of the molecule is CCNC(=O)[C@H](CC)N(Cc1ccccc1Cl)C(=O)CN(c1ccc(Br)c(C)c1)S(C)(=O)=O. The molecular weight excluding hydrogens is 530 g/mol. The van der Waals surface area contributed by atoms with Crippen LogP contribution in [0.4, 0.5) is 5.69 Å². The Bertz CT molecular complexity index is 1110. The number of carbonyl (C=O) groups is 2. The number of hydrogen-bond donors (Lipinski definition) is 1. The quantitative estimate of drug-likeness (QED) is 0.475. The van der Waals surface area contributed by atoms with Crippen molar-refractivity contribution in [2.75, 3.05) is 23.7 Å². The maximum absolute atomic E-state index is 13.5. The molecule has 180 valence electrons. The van der Waals surface area contributed by atoms with Crippen LogP contribution in [0, 0.1) is 6.92 Å². The highest BCUT2D eigenvalue weighted by Gasteiger charge is 2.31. The summed E-state index contributed by atoms with van der Waals surface area (Å²) in [6.45, 7) is 5.48. The van der Waals surface area contributed by atoms with Crippen molar-refractivity contribution >= 4 is 55.1 Å². The summed E-state index contributed by atoms with van der Waals surface area (Å²) in [6, 6.07) is 11.3. The van der Waals surface area contributed by atoms with Crippen molar-refractivity contribution in [1.82, 2.24) is 10.2 Å². The molecule has 0 spiro atoms. The van der Waals surface area contributed by atoms with Crippen molar-refractivity contribution in [2.45, 2.75) is 39.8 Å². The summed E-state index contributed by atoms with van der Waals surface area (Å²) in [5.41, 5.74) is 1.87. The first-order chi connectivity index (χ1) is 15.5. The largest absolute Gasteiger partial charge is 0.355 e. The zero-order valence-corrected chi connectivity index (χ0v) is 22.3. The topological polar surface area (TPSA) is 86.8 Å². The first-order valence-electron chi connectivity index (χ1n) is 10.5. The molecule has 1 N–H and O–H groups in total. The Morgan fingerprint density at radius 1 is 1.15 bits per heavy atom. The normalized spacial score (nSPS) is 12.2. The van der Waals surface area contributed by atoms with E-state index in [0.717, 1.165) is 20.6 Å². The summed E-state index contributed by atoms with van der Waals surface area (Å²) in [7, 11) is -3.78. The summed E-state index contributed by atoms with van der Waals surface area (Å²) in [5, 5.41) is 3.22. The molecule has 0 fully saturated rings. The van der Waals surface area contributed by atoms with Gasteiger partial charge >= 0.3 is 0 Å². The smallest absolute Gasteiger partial charge is 0.244 e. The zero-order chi connectivity index (χ0) is 24.8. The lowest BCUT2D eigenvalue weighted by molar-refractivity contribution is -0.140. The highest BCUT2D eigenvalue weighted by Crippen LogP contribution is 2.26. The molecule has 1 atom stereocenters. The maximum atomic E-state index is 13.5. The van der Waals surface area contributed by atoms with Gasteiger partial charge in [-0.25, -0.2) is 8.42 Å². The van der Waals surface area contributed by atoms with Crippen molar-refractivity contribution in [2.24, 2.45) is 0 Å². The minimum atomic E-state index is -3.78. The standard InChI is InChI=1S/C23H29BrClN3O4S/c1-5-21(23(30)26-6-2)27(14-17-9-7-8-10-20(17)25)22(29)15-28(33(4,31)32)18-11-12-19(24)16(3)13-18/h7-13,21H,5-6,14-15H2,1-4H3,(H,26,30)/t21-/m0/s1. The van der Waals surface area contributed by atoms with E-state index in [4.69, 9.17) is 11.6 Å². The second-order valence-electron chi connectivity index (χ2n) is 7.63. The van der Waals surface area contributed by atoms with Gasteiger partial charge in [-0.05, 0) is 55.7 Å². The van der Waals surface area contributed by atoms with Gasteiger partial charge in [0, 0.05) is 22.6 Å². The number of nitrogens with zero attached hydrogens (tertiary/aromatic N) is 2. The van der Waals surface area contributed by atoms with E-state index in [9.17, 15) is 18.0 Å². The summed E-state index contributed by atoms with van der Waals surface area (Å²) in [5.74, 6) is -0.801. The summed E-state index contributed by atoms with van der Waals surface area (Å²) in [6.07, 6.45) is 1.41. The molecule has 0 saturated carbocycles. The van der Waals surface area contributed by atoms with E-state index in [-0.39, 0.29) is 12.5 Å². The second kappa shape index (κ2) is 11.9. The van der Waals surface area contributed by atoms with Gasteiger partial charge in [0.15, 0.2) is 0 Å². The van der Waals surface area contributed by atoms with E-state index in [0.29, 0.717) is 29.2 Å². The zero-order valence-electron chi connectivity index (χ0n) is 19.1. The molecule has 2 aromatic carbocycles. The number of halogens is 2. The van der Waals surface area contributed by atoms with Gasteiger partial charge in [0.2, 0.25) is 21.8 Å². The predicted octanol–water partition coefficient (Wildman–Crippen LogP) is 4.12. The maximum Gasteiger partial charge on any atom is 0.244 e. The van der Waals surface area contributed by atoms with Gasteiger partial charge in [-0.15, -0.1) is 0 Å². The van der Waals surface area contributed by atoms with Gasteiger partial charge < -0.3 is 10.2 Å². The van der Waals surface area contributed by atoms with Crippen LogP contribution in [0.5, 0.6) is 0 Å². The average Bonchev–Trinajstić information content (AvgIpc) is 2.74. The molecule has 0 bridgehead atoms. The van der Waals surface area contributed by atoms with E-state index in [1.165, 1.54) is 4.90 Å². The van der Waals surface area contributed by atoms with E-state index in [1.807, 2.05) is 6.92 Å². The van der Waals surface area contributed by atoms with Crippen LogP contribution < -0.4 is 9.62 Å². The predicted molar refractivity (Wildman–Crippen MR) is 136 cm³/mol. The molecule has 0 aromatic heterocycles. The molecule has 0 aliphatic carbocycles. The van der Waals surface area contributed by atoms with Crippen molar-refractivity contribution in [1.29, 1.82) is 0 Å². The number of nitrogens with one attached hydrogen (secondary N) is 1. The van der Waals surface area contributed by atoms with Gasteiger partial charge in [-0.3, -0.25) is 13.9 Å². The fourth-order valence-corrected chi connectivity index (χ4v) is 4.70. The lowest BCUT2D eigenvalue weighted by Crippen LogP contribution is -2.52. The van der Waals surface area contributed by atoms with E-state index in [2.05, 4.69) is 21.2 Å². The molecular formula is C23H29BrClN3O4S. The van der Waals surface area contributed by atoms with Gasteiger partial charge in [0.1, 0.15) is 12.6 Å². The molecule has 0 radical (unpaired) electrons. The van der Waals surface area contributed by atoms with Crippen molar-refractivity contribution < 1.29 is 18.0 Å². The van der Waals surface area contributed by atoms with Crippen LogP contribution in [0.2, 0.25) is 5.02 Å². The number of aryl methyl sites for hydroxylation is 1. The van der Waals surface area contributed by atoms with Crippen molar-refractivity contribution in [3.05, 3.63) is 63.1 Å². The lowest BCUT2D eigenvalue weighted by Gasteiger charge is -2.33. The van der Waals surface area contributed by atoms with Crippen LogP contribution in [0.25, 0.3) is 0 Å². The monoisotopic (exact) mass is 557 g/mol. The molecule has 33 heavy (non-hydrogen) atoms. The van der Waals surface area contributed by atoms with E-state index >= 15 is 0 Å². The van der Waals surface area contributed by atoms with Gasteiger partial charge in [-0.1, -0.05) is 52.7 Å². The summed E-state index contributed by atoms with van der Waals surface area (Å²) in [4.78, 5) is 27.7. The minimum absolute atomic E-state index is 0.0745. The molecule has 2 amide bonds. The van der Waals surface area contributed by atoms with Crippen molar-refractivity contribution in [3.8, 4) is 0 Å². The van der Waals surface area contributed by atoms with Crippen molar-refractivity contribution in [3.63, 3.8) is 0 Å². The van der Waals surface area contributed by atoms with E-state index in [1.54, 1.807) is 56.3 Å². The van der Waals surface area contributed by atoms with Crippen LogP contribution in [-0.4, -0.2) is 50.5 Å². The summed E-state index contributed by atoms with van der Waals surface area (Å²) >= 11 is 9.72. The Kier molecular flexibility index (Phi) is 9.75. The number of amides is 2. The molecule has 0 saturated heterocycles. The molecule has 2 rings (SSSR count). The van der Waals surface area contributed by atoms with Gasteiger partial charge in [0.05, 0.1) is 11.9 Å². The minimum Gasteiger partial charge on any atom is -0.355 e. The fraction of sp³-hybridized carbons (Fsp3) is 0.391. The highest BCUT2D eigenvalue weighted by atomic mass is 79.9. The fourth-order valence-electron chi connectivity index (χ4n) is 3.42. The third kappa shape index (κ3) is 7.19. The van der Waals surface area contributed by atoms with Crippen LogP contribution in [0.1, 0.15) is 31.4 Å². The molecule has 0 aliphatic rings. The molecule has 2 aromatic rings. The molecule has 0 aliphatic heterocycles. The Morgan fingerprint density at radius 2 is 1.82 bits per heavy atom. The van der Waals surface area contributed by atoms with Crippen LogP contribution >= 0.6 is 27.5 Å². The Hall–Kier alpha value is -2.10. The van der Waals surface area contributed by atoms with Gasteiger partial charge in [0.25, 0.3) is 0 Å². The van der Waals surface area contributed by atoms with Gasteiger partial charge in [-0.2, -0.15) is 0 Å². The summed E-state index contributed by atoms with van der Waals surface area (Å²) < 4.78 is 27.1.